The van der Waals surface area contributed by atoms with E-state index >= 15 is 0 Å². The van der Waals surface area contributed by atoms with Gasteiger partial charge < -0.3 is 4.74 Å². The van der Waals surface area contributed by atoms with E-state index in [-0.39, 0.29) is 23.8 Å². The van der Waals surface area contributed by atoms with Gasteiger partial charge in [-0.15, -0.1) is 0 Å². The highest BCUT2D eigenvalue weighted by atomic mass is 16.6. The largest absolute Gasteiger partial charge is 0.462 e. The molecule has 0 aliphatic heterocycles. The van der Waals surface area contributed by atoms with Crippen LogP contribution in [0.4, 0.5) is 5.69 Å². The zero-order valence-electron chi connectivity index (χ0n) is 13.5. The number of nitrogens with zero attached hydrogens (tertiary/aromatic N) is 2. The van der Waals surface area contributed by atoms with Crippen LogP contribution in [0.15, 0.2) is 23.8 Å². The fourth-order valence-corrected chi connectivity index (χ4v) is 1.99. The number of hydrogen-bond acceptors (Lipinski definition) is 5. The Morgan fingerprint density at radius 1 is 1.48 bits per heavy atom. The van der Waals surface area contributed by atoms with Crippen molar-refractivity contribution in [2.24, 2.45) is 0 Å². The second-order valence-electron chi connectivity index (χ2n) is 5.39. The summed E-state index contributed by atoms with van der Waals surface area (Å²) in [6, 6.07) is 6.44. The number of benzene rings is 1. The van der Waals surface area contributed by atoms with E-state index < -0.39 is 10.9 Å². The van der Waals surface area contributed by atoms with Gasteiger partial charge in [-0.25, -0.2) is 4.79 Å². The Morgan fingerprint density at radius 3 is 2.70 bits per heavy atom. The normalized spacial score (nSPS) is 11.2. The number of carbonyl (C=O) groups is 1. The molecule has 0 saturated heterocycles. The topological polar surface area (TPSA) is 93.2 Å². The Hall–Kier alpha value is -2.68. The lowest BCUT2D eigenvalue weighted by Gasteiger charge is -2.07. The molecule has 1 rings (SSSR count). The second kappa shape index (κ2) is 8.69. The SMILES string of the molecule is CCCCOC(=O)/C(C#N)=C\c1ccc(C(C)C)c([N+](=O)[O-])c1. The van der Waals surface area contributed by atoms with Gasteiger partial charge in [0, 0.05) is 11.6 Å². The maximum Gasteiger partial charge on any atom is 0.348 e. The minimum absolute atomic E-state index is 0.00266. The van der Waals surface area contributed by atoms with Crippen molar-refractivity contribution in [3.05, 3.63) is 45.0 Å². The van der Waals surface area contributed by atoms with Crippen LogP contribution in [0.2, 0.25) is 0 Å². The van der Waals surface area contributed by atoms with E-state index in [1.807, 2.05) is 20.8 Å². The third kappa shape index (κ3) is 5.22. The van der Waals surface area contributed by atoms with Crippen molar-refractivity contribution in [2.75, 3.05) is 6.61 Å². The molecule has 23 heavy (non-hydrogen) atoms. The van der Waals surface area contributed by atoms with Crippen molar-refractivity contribution in [3.8, 4) is 6.07 Å². The molecule has 0 radical (unpaired) electrons. The van der Waals surface area contributed by atoms with Gasteiger partial charge in [-0.3, -0.25) is 10.1 Å². The summed E-state index contributed by atoms with van der Waals surface area (Å²) in [7, 11) is 0. The molecule has 122 valence electrons. The molecule has 0 amide bonds. The molecule has 6 heteroatoms. The molecule has 0 saturated carbocycles. The molecule has 0 fully saturated rings. The number of rotatable bonds is 7. The standard InChI is InChI=1S/C17H20N2O4/c1-4-5-8-23-17(20)14(11-18)9-13-6-7-15(12(2)3)16(10-13)19(21)22/h6-7,9-10,12H,4-5,8H2,1-3H3/b14-9-. The monoisotopic (exact) mass is 316 g/mol. The van der Waals surface area contributed by atoms with Crippen LogP contribution < -0.4 is 0 Å². The van der Waals surface area contributed by atoms with Gasteiger partial charge in [0.15, 0.2) is 0 Å². The maximum atomic E-state index is 11.8. The summed E-state index contributed by atoms with van der Waals surface area (Å²) >= 11 is 0. The van der Waals surface area contributed by atoms with E-state index in [1.165, 1.54) is 12.1 Å². The number of hydrogen-bond donors (Lipinski definition) is 0. The highest BCUT2D eigenvalue weighted by Crippen LogP contribution is 2.28. The number of nitro benzene ring substituents is 1. The number of nitro groups is 1. The number of carbonyl (C=O) groups excluding carboxylic acids is 1. The Kier molecular flexibility index (Phi) is 6.94. The number of unbranched alkanes of at least 4 members (excludes halogenated alkanes) is 1. The summed E-state index contributed by atoms with van der Waals surface area (Å²) < 4.78 is 4.98. The van der Waals surface area contributed by atoms with Gasteiger partial charge in [-0.05, 0) is 24.0 Å². The summed E-state index contributed by atoms with van der Waals surface area (Å²) in [6.45, 7) is 5.94. The first-order valence-electron chi connectivity index (χ1n) is 7.48. The summed E-state index contributed by atoms with van der Waals surface area (Å²) in [4.78, 5) is 22.5. The van der Waals surface area contributed by atoms with Crippen molar-refractivity contribution < 1.29 is 14.5 Å². The Balaban J connectivity index is 3.09. The van der Waals surface area contributed by atoms with Gasteiger partial charge in [0.1, 0.15) is 11.6 Å². The summed E-state index contributed by atoms with van der Waals surface area (Å²) in [5.74, 6) is -0.709. The zero-order valence-corrected chi connectivity index (χ0v) is 13.5. The van der Waals surface area contributed by atoms with Crippen molar-refractivity contribution >= 4 is 17.7 Å². The molecule has 0 atom stereocenters. The second-order valence-corrected chi connectivity index (χ2v) is 5.39. The Bertz CT molecular complexity index is 657. The van der Waals surface area contributed by atoms with Crippen LogP contribution in [0, 0.1) is 21.4 Å². The highest BCUT2D eigenvalue weighted by molar-refractivity contribution is 5.98. The molecule has 0 spiro atoms. The van der Waals surface area contributed by atoms with Crippen molar-refractivity contribution in [2.45, 2.75) is 39.5 Å². The minimum Gasteiger partial charge on any atom is -0.462 e. The van der Waals surface area contributed by atoms with Crippen LogP contribution in [0.3, 0.4) is 0 Å². The molecule has 0 heterocycles. The molecule has 0 aromatic heterocycles. The molecule has 0 bridgehead atoms. The van der Waals surface area contributed by atoms with Gasteiger partial charge in [-0.2, -0.15) is 5.26 Å². The number of esters is 1. The van der Waals surface area contributed by atoms with Gasteiger partial charge >= 0.3 is 5.97 Å². The smallest absolute Gasteiger partial charge is 0.348 e. The van der Waals surface area contributed by atoms with Gasteiger partial charge in [0.25, 0.3) is 5.69 Å². The fourth-order valence-electron chi connectivity index (χ4n) is 1.99. The predicted octanol–water partition coefficient (Wildman–Crippen LogP) is 3.97. The lowest BCUT2D eigenvalue weighted by atomic mass is 9.98. The molecule has 0 aliphatic carbocycles. The van der Waals surface area contributed by atoms with E-state index in [0.29, 0.717) is 11.1 Å². The number of ether oxygens (including phenoxy) is 1. The Morgan fingerprint density at radius 2 is 2.17 bits per heavy atom. The van der Waals surface area contributed by atoms with Crippen LogP contribution in [0.25, 0.3) is 6.08 Å². The van der Waals surface area contributed by atoms with Crippen LogP contribution >= 0.6 is 0 Å². The first kappa shape index (κ1) is 18.4. The van der Waals surface area contributed by atoms with Gasteiger partial charge in [0.2, 0.25) is 0 Å². The lowest BCUT2D eigenvalue weighted by Crippen LogP contribution is -2.07. The molecular weight excluding hydrogens is 296 g/mol. The highest BCUT2D eigenvalue weighted by Gasteiger charge is 2.17. The average Bonchev–Trinajstić information content (AvgIpc) is 2.52. The molecular formula is C17H20N2O4. The first-order chi connectivity index (χ1) is 10.9. The van der Waals surface area contributed by atoms with Gasteiger partial charge in [-0.1, -0.05) is 39.3 Å². The third-order valence-corrected chi connectivity index (χ3v) is 3.26. The Labute approximate surface area is 135 Å². The lowest BCUT2D eigenvalue weighted by molar-refractivity contribution is -0.385. The molecule has 1 aromatic carbocycles. The molecule has 1 aromatic rings. The molecule has 0 unspecified atom stereocenters. The van der Waals surface area contributed by atoms with E-state index in [0.717, 1.165) is 12.8 Å². The van der Waals surface area contributed by atoms with Gasteiger partial charge in [0.05, 0.1) is 11.5 Å². The van der Waals surface area contributed by atoms with Crippen LogP contribution in [0.5, 0.6) is 0 Å². The summed E-state index contributed by atoms with van der Waals surface area (Å²) in [5, 5.41) is 20.3. The zero-order chi connectivity index (χ0) is 17.4. The van der Waals surface area contributed by atoms with Crippen LogP contribution in [0.1, 0.15) is 50.7 Å². The van der Waals surface area contributed by atoms with E-state index in [4.69, 9.17) is 10.00 Å². The van der Waals surface area contributed by atoms with Crippen LogP contribution in [-0.4, -0.2) is 17.5 Å². The minimum atomic E-state index is -0.712. The van der Waals surface area contributed by atoms with Crippen molar-refractivity contribution in [1.29, 1.82) is 5.26 Å². The van der Waals surface area contributed by atoms with Crippen LogP contribution in [-0.2, 0) is 9.53 Å². The molecule has 0 N–H and O–H groups in total. The third-order valence-electron chi connectivity index (χ3n) is 3.26. The first-order valence-corrected chi connectivity index (χ1v) is 7.48. The molecule has 0 aliphatic rings. The van der Waals surface area contributed by atoms with Crippen molar-refractivity contribution in [1.82, 2.24) is 0 Å². The molecule has 6 nitrogen and oxygen atoms in total. The van der Waals surface area contributed by atoms with E-state index in [2.05, 4.69) is 0 Å². The van der Waals surface area contributed by atoms with E-state index in [9.17, 15) is 14.9 Å². The maximum absolute atomic E-state index is 11.8. The van der Waals surface area contributed by atoms with Crippen molar-refractivity contribution in [3.63, 3.8) is 0 Å². The predicted molar refractivity (Wildman–Crippen MR) is 86.6 cm³/mol. The number of nitriles is 1. The quantitative estimate of drug-likeness (QED) is 0.189. The van der Waals surface area contributed by atoms with E-state index in [1.54, 1.807) is 18.2 Å². The summed E-state index contributed by atoms with van der Waals surface area (Å²) in [6.07, 6.45) is 2.91. The average molecular weight is 316 g/mol. The fraction of sp³-hybridized carbons (Fsp3) is 0.412. The summed E-state index contributed by atoms with van der Waals surface area (Å²) in [5.41, 5.74) is 0.833.